The predicted octanol–water partition coefficient (Wildman–Crippen LogP) is 3.08. The molecule has 1 aromatic heterocycles. The number of benzene rings is 1. The third-order valence-electron chi connectivity index (χ3n) is 3.41. The van der Waals surface area contributed by atoms with Gasteiger partial charge < -0.3 is 9.84 Å². The standard InChI is InChI=1S/C14H13Br2N3O3/c1-7-6-19(13-11(22-7)5-17-18(13)2)14(21)8-3-9(15)12(20)10(16)4-8/h3-5,7,20H,6H2,1-2H3/t7-/m1/s1. The third-order valence-corrected chi connectivity index (χ3v) is 4.62. The molecule has 1 N–H and O–H groups in total. The van der Waals surface area contributed by atoms with Crippen molar-refractivity contribution >= 4 is 43.6 Å². The molecular formula is C14H13Br2N3O3. The van der Waals surface area contributed by atoms with Crippen molar-refractivity contribution in [2.45, 2.75) is 13.0 Å². The molecule has 8 heteroatoms. The average molecular weight is 431 g/mol. The molecule has 2 aromatic rings. The van der Waals surface area contributed by atoms with E-state index in [2.05, 4.69) is 37.0 Å². The van der Waals surface area contributed by atoms with Gasteiger partial charge in [-0.15, -0.1) is 0 Å². The maximum Gasteiger partial charge on any atom is 0.259 e. The number of carbonyl (C=O) groups excluding carboxylic acids is 1. The summed E-state index contributed by atoms with van der Waals surface area (Å²) in [4.78, 5) is 14.5. The first-order valence-electron chi connectivity index (χ1n) is 6.57. The Morgan fingerprint density at radius 2 is 2.05 bits per heavy atom. The van der Waals surface area contributed by atoms with Crippen LogP contribution in [0.4, 0.5) is 5.82 Å². The number of carbonyl (C=O) groups is 1. The van der Waals surface area contributed by atoms with Gasteiger partial charge in [-0.05, 0) is 50.9 Å². The van der Waals surface area contributed by atoms with Crippen molar-refractivity contribution in [3.63, 3.8) is 0 Å². The van der Waals surface area contributed by atoms with E-state index >= 15 is 0 Å². The smallest absolute Gasteiger partial charge is 0.259 e. The summed E-state index contributed by atoms with van der Waals surface area (Å²) in [6, 6.07) is 3.19. The SMILES string of the molecule is C[C@@H]1CN(C(=O)c2cc(Br)c(O)c(Br)c2)c2c(cnn2C)O1. The number of aromatic hydroxyl groups is 1. The number of rotatable bonds is 1. The minimum atomic E-state index is -0.179. The van der Waals surface area contributed by atoms with Crippen molar-refractivity contribution in [1.29, 1.82) is 0 Å². The first-order valence-corrected chi connectivity index (χ1v) is 8.15. The molecule has 0 saturated carbocycles. The summed E-state index contributed by atoms with van der Waals surface area (Å²) < 4.78 is 8.23. The van der Waals surface area contributed by atoms with E-state index in [1.807, 2.05) is 6.92 Å². The molecule has 1 atom stereocenters. The van der Waals surface area contributed by atoms with Crippen LogP contribution in [0, 0.1) is 0 Å². The number of anilines is 1. The van der Waals surface area contributed by atoms with Crippen molar-refractivity contribution in [2.75, 3.05) is 11.4 Å². The summed E-state index contributed by atoms with van der Waals surface area (Å²) in [5, 5.41) is 13.9. The molecule has 6 nitrogen and oxygen atoms in total. The van der Waals surface area contributed by atoms with Crippen molar-refractivity contribution < 1.29 is 14.6 Å². The minimum absolute atomic E-state index is 0.0631. The van der Waals surface area contributed by atoms with Gasteiger partial charge in [0.1, 0.15) is 11.9 Å². The predicted molar refractivity (Wildman–Crippen MR) is 88.5 cm³/mol. The van der Waals surface area contributed by atoms with Crippen molar-refractivity contribution in [3.05, 3.63) is 32.8 Å². The van der Waals surface area contributed by atoms with Gasteiger partial charge in [-0.3, -0.25) is 9.69 Å². The van der Waals surface area contributed by atoms with E-state index in [1.54, 1.807) is 35.0 Å². The van der Waals surface area contributed by atoms with Gasteiger partial charge in [0, 0.05) is 12.6 Å². The van der Waals surface area contributed by atoms with Crippen LogP contribution in [0.25, 0.3) is 0 Å². The fourth-order valence-electron chi connectivity index (χ4n) is 2.42. The van der Waals surface area contributed by atoms with E-state index in [1.165, 1.54) is 0 Å². The second-order valence-corrected chi connectivity index (χ2v) is 6.80. The van der Waals surface area contributed by atoms with Crippen LogP contribution in [0.5, 0.6) is 11.5 Å². The number of hydrogen-bond acceptors (Lipinski definition) is 4. The highest BCUT2D eigenvalue weighted by Crippen LogP contribution is 2.36. The van der Waals surface area contributed by atoms with Crippen molar-refractivity contribution in [2.24, 2.45) is 7.05 Å². The second kappa shape index (κ2) is 5.58. The molecule has 0 unspecified atom stereocenters. The Labute approximate surface area is 143 Å². The van der Waals surface area contributed by atoms with Crippen LogP contribution in [-0.2, 0) is 7.05 Å². The fourth-order valence-corrected chi connectivity index (χ4v) is 3.61. The normalized spacial score (nSPS) is 17.1. The highest BCUT2D eigenvalue weighted by Gasteiger charge is 2.32. The Balaban J connectivity index is 2.04. The van der Waals surface area contributed by atoms with Crippen LogP contribution >= 0.6 is 31.9 Å². The zero-order valence-corrected chi connectivity index (χ0v) is 15.0. The molecule has 0 radical (unpaired) electrons. The number of nitrogens with zero attached hydrogens (tertiary/aromatic N) is 3. The molecule has 0 bridgehead atoms. The molecule has 0 spiro atoms. The summed E-state index contributed by atoms with van der Waals surface area (Å²) in [5.41, 5.74) is 0.456. The molecule has 1 aliphatic heterocycles. The Morgan fingerprint density at radius 1 is 1.41 bits per heavy atom. The quantitative estimate of drug-likeness (QED) is 0.754. The number of phenolic OH excluding ortho intramolecular Hbond substituents is 1. The van der Waals surface area contributed by atoms with Crippen LogP contribution in [0.2, 0.25) is 0 Å². The summed E-state index contributed by atoms with van der Waals surface area (Å²) in [7, 11) is 1.76. The van der Waals surface area contributed by atoms with Gasteiger partial charge in [0.05, 0.1) is 21.7 Å². The average Bonchev–Trinajstić information content (AvgIpc) is 2.84. The number of amides is 1. The molecule has 0 aliphatic carbocycles. The second-order valence-electron chi connectivity index (χ2n) is 5.09. The first-order chi connectivity index (χ1) is 10.4. The van der Waals surface area contributed by atoms with E-state index in [-0.39, 0.29) is 17.8 Å². The number of phenols is 1. The topological polar surface area (TPSA) is 67.6 Å². The molecule has 0 fully saturated rings. The largest absolute Gasteiger partial charge is 0.506 e. The van der Waals surface area contributed by atoms with Crippen LogP contribution in [0.15, 0.2) is 27.3 Å². The number of hydrogen-bond donors (Lipinski definition) is 1. The first kappa shape index (κ1) is 15.4. The molecule has 1 amide bonds. The van der Waals surface area contributed by atoms with Crippen molar-refractivity contribution in [3.8, 4) is 11.5 Å². The van der Waals surface area contributed by atoms with Gasteiger partial charge in [0.15, 0.2) is 11.6 Å². The zero-order chi connectivity index (χ0) is 16.0. The Kier molecular flexibility index (Phi) is 3.90. The number of aromatic nitrogens is 2. The lowest BCUT2D eigenvalue weighted by molar-refractivity contribution is 0.0958. The number of fused-ring (bicyclic) bond motifs is 1. The lowest BCUT2D eigenvalue weighted by Gasteiger charge is -2.31. The van der Waals surface area contributed by atoms with E-state index in [0.717, 1.165) is 0 Å². The monoisotopic (exact) mass is 429 g/mol. The summed E-state index contributed by atoms with van der Waals surface area (Å²) in [6.07, 6.45) is 1.48. The summed E-state index contributed by atoms with van der Waals surface area (Å²) in [5.74, 6) is 1.10. The lowest BCUT2D eigenvalue weighted by atomic mass is 10.1. The van der Waals surface area contributed by atoms with E-state index < -0.39 is 0 Å². The Bertz CT molecular complexity index is 737. The highest BCUT2D eigenvalue weighted by molar-refractivity contribution is 9.11. The zero-order valence-electron chi connectivity index (χ0n) is 11.9. The minimum Gasteiger partial charge on any atom is -0.506 e. The number of ether oxygens (including phenoxy) is 1. The van der Waals surface area contributed by atoms with Gasteiger partial charge in [0.25, 0.3) is 5.91 Å². The van der Waals surface area contributed by atoms with Crippen LogP contribution < -0.4 is 9.64 Å². The molecule has 22 heavy (non-hydrogen) atoms. The summed E-state index contributed by atoms with van der Waals surface area (Å²) >= 11 is 6.49. The molecular weight excluding hydrogens is 418 g/mol. The van der Waals surface area contributed by atoms with Crippen LogP contribution in [0.3, 0.4) is 0 Å². The maximum absolute atomic E-state index is 12.9. The van der Waals surface area contributed by atoms with Gasteiger partial charge in [-0.25, -0.2) is 4.68 Å². The maximum atomic E-state index is 12.9. The van der Waals surface area contributed by atoms with E-state index in [0.29, 0.717) is 32.6 Å². The molecule has 116 valence electrons. The third kappa shape index (κ3) is 2.50. The Morgan fingerprint density at radius 3 is 2.68 bits per heavy atom. The van der Waals surface area contributed by atoms with Gasteiger partial charge >= 0.3 is 0 Å². The lowest BCUT2D eigenvalue weighted by Crippen LogP contribution is -2.43. The van der Waals surface area contributed by atoms with Gasteiger partial charge in [-0.1, -0.05) is 0 Å². The summed E-state index contributed by atoms with van der Waals surface area (Å²) in [6.45, 7) is 2.33. The number of halogens is 2. The molecule has 0 saturated heterocycles. The van der Waals surface area contributed by atoms with E-state index in [9.17, 15) is 9.90 Å². The molecule has 2 heterocycles. The van der Waals surface area contributed by atoms with Crippen molar-refractivity contribution in [1.82, 2.24) is 9.78 Å². The van der Waals surface area contributed by atoms with Gasteiger partial charge in [-0.2, -0.15) is 5.10 Å². The molecule has 1 aliphatic rings. The molecule has 3 rings (SSSR count). The van der Waals surface area contributed by atoms with Crippen LogP contribution in [0.1, 0.15) is 17.3 Å². The van der Waals surface area contributed by atoms with E-state index in [4.69, 9.17) is 4.74 Å². The number of aryl methyl sites for hydroxylation is 1. The highest BCUT2D eigenvalue weighted by atomic mass is 79.9. The van der Waals surface area contributed by atoms with Crippen LogP contribution in [-0.4, -0.2) is 33.4 Å². The Hall–Kier alpha value is -1.54. The fraction of sp³-hybridized carbons (Fsp3) is 0.286. The molecule has 1 aromatic carbocycles. The van der Waals surface area contributed by atoms with Gasteiger partial charge in [0.2, 0.25) is 0 Å².